The number of ether oxygens (including phenoxy) is 1. The molecule has 0 aliphatic carbocycles. The van der Waals surface area contributed by atoms with E-state index in [0.717, 1.165) is 60.3 Å². The highest BCUT2D eigenvalue weighted by Gasteiger charge is 2.21. The highest BCUT2D eigenvalue weighted by molar-refractivity contribution is 5.81. The molecule has 1 saturated heterocycles. The summed E-state index contributed by atoms with van der Waals surface area (Å²) < 4.78 is 7.85. The fourth-order valence-corrected chi connectivity index (χ4v) is 4.68. The number of fused-ring (bicyclic) bond motifs is 1. The van der Waals surface area contributed by atoms with Gasteiger partial charge in [-0.1, -0.05) is 13.8 Å². The highest BCUT2D eigenvalue weighted by atomic mass is 16.5. The van der Waals surface area contributed by atoms with Crippen LogP contribution >= 0.6 is 0 Å². The second-order valence-corrected chi connectivity index (χ2v) is 9.98. The van der Waals surface area contributed by atoms with Crippen molar-refractivity contribution in [2.75, 3.05) is 25.0 Å². The van der Waals surface area contributed by atoms with E-state index in [1.165, 1.54) is 0 Å². The van der Waals surface area contributed by atoms with Gasteiger partial charge in [0.25, 0.3) is 0 Å². The van der Waals surface area contributed by atoms with E-state index in [-0.39, 0.29) is 0 Å². The van der Waals surface area contributed by atoms with Crippen molar-refractivity contribution in [1.29, 1.82) is 0 Å². The largest absolute Gasteiger partial charge is 0.373 e. The Morgan fingerprint density at radius 1 is 0.972 bits per heavy atom. The molecule has 188 valence electrons. The molecule has 1 N–H and O–H groups in total. The third-order valence-electron chi connectivity index (χ3n) is 6.46. The van der Waals surface area contributed by atoms with Crippen LogP contribution in [0.1, 0.15) is 45.6 Å². The second-order valence-electron chi connectivity index (χ2n) is 9.98. The minimum atomic E-state index is 0.299. The first-order chi connectivity index (χ1) is 17.4. The molecule has 36 heavy (non-hydrogen) atoms. The molecule has 0 aromatic carbocycles. The minimum Gasteiger partial charge on any atom is -0.373 e. The van der Waals surface area contributed by atoms with Crippen LogP contribution in [0.25, 0.3) is 22.2 Å². The van der Waals surface area contributed by atoms with Crippen LogP contribution in [0.5, 0.6) is 0 Å². The SMILES string of the molecule is CC(C)c1cnnc(Nc2ccc3ncc(-c4cnn(CCCN5C[C@@H](C)O[C@@H](C)C5)c4)cc3n2)c1. The molecule has 9 heteroatoms. The molecule has 1 aliphatic rings. The maximum Gasteiger partial charge on any atom is 0.154 e. The summed E-state index contributed by atoms with van der Waals surface area (Å²) in [6.07, 6.45) is 9.31. The van der Waals surface area contributed by atoms with Crippen molar-refractivity contribution in [2.45, 2.75) is 58.8 Å². The van der Waals surface area contributed by atoms with Crippen molar-refractivity contribution >= 4 is 22.7 Å². The predicted molar refractivity (Wildman–Crippen MR) is 141 cm³/mol. The third kappa shape index (κ3) is 5.85. The van der Waals surface area contributed by atoms with Gasteiger partial charge in [0.15, 0.2) is 5.82 Å². The molecule has 1 fully saturated rings. The van der Waals surface area contributed by atoms with Gasteiger partial charge in [-0.25, -0.2) is 4.98 Å². The van der Waals surface area contributed by atoms with Crippen LogP contribution in [0.4, 0.5) is 11.6 Å². The monoisotopic (exact) mass is 486 g/mol. The molecular weight excluding hydrogens is 452 g/mol. The van der Waals surface area contributed by atoms with Gasteiger partial charge in [-0.05, 0) is 56.0 Å². The molecule has 4 aromatic heterocycles. The molecule has 2 atom stereocenters. The zero-order valence-electron chi connectivity index (χ0n) is 21.4. The van der Waals surface area contributed by atoms with Gasteiger partial charge < -0.3 is 10.1 Å². The van der Waals surface area contributed by atoms with Gasteiger partial charge in [0.1, 0.15) is 5.82 Å². The number of nitrogens with one attached hydrogen (secondary N) is 1. The Labute approximate surface area is 211 Å². The summed E-state index contributed by atoms with van der Waals surface area (Å²) in [5.74, 6) is 1.77. The van der Waals surface area contributed by atoms with Gasteiger partial charge in [-0.15, -0.1) is 5.10 Å². The molecule has 0 bridgehead atoms. The number of anilines is 2. The summed E-state index contributed by atoms with van der Waals surface area (Å²) in [6.45, 7) is 12.5. The van der Waals surface area contributed by atoms with Crippen molar-refractivity contribution in [3.63, 3.8) is 0 Å². The predicted octanol–water partition coefficient (Wildman–Crippen LogP) is 4.65. The van der Waals surface area contributed by atoms with Crippen LogP contribution in [0, 0.1) is 0 Å². The molecule has 4 aromatic rings. The number of hydrogen-bond donors (Lipinski definition) is 1. The zero-order chi connectivity index (χ0) is 25.1. The summed E-state index contributed by atoms with van der Waals surface area (Å²) >= 11 is 0. The lowest BCUT2D eigenvalue weighted by molar-refractivity contribution is -0.0683. The maximum absolute atomic E-state index is 5.83. The first-order valence-corrected chi connectivity index (χ1v) is 12.7. The Kier molecular flexibility index (Phi) is 7.20. The molecule has 0 saturated carbocycles. The lowest BCUT2D eigenvalue weighted by Gasteiger charge is -2.35. The summed E-state index contributed by atoms with van der Waals surface area (Å²) in [6, 6.07) is 7.94. The molecule has 5 heterocycles. The van der Waals surface area contributed by atoms with E-state index in [4.69, 9.17) is 9.72 Å². The molecule has 9 nitrogen and oxygen atoms in total. The van der Waals surface area contributed by atoms with Crippen molar-refractivity contribution in [3.8, 4) is 11.1 Å². The first-order valence-electron chi connectivity index (χ1n) is 12.7. The van der Waals surface area contributed by atoms with Crippen LogP contribution < -0.4 is 5.32 Å². The second kappa shape index (κ2) is 10.7. The molecule has 0 unspecified atom stereocenters. The van der Waals surface area contributed by atoms with E-state index in [2.05, 4.69) is 70.5 Å². The summed E-state index contributed by atoms with van der Waals surface area (Å²) in [5.41, 5.74) is 4.81. The number of rotatable bonds is 8. The van der Waals surface area contributed by atoms with Gasteiger partial charge in [0.2, 0.25) is 0 Å². The smallest absolute Gasteiger partial charge is 0.154 e. The Bertz CT molecular complexity index is 1310. The average Bonchev–Trinajstić information content (AvgIpc) is 3.32. The quantitative estimate of drug-likeness (QED) is 0.385. The Hall–Kier alpha value is -3.43. The number of pyridine rings is 2. The normalized spacial score (nSPS) is 18.7. The molecule has 0 radical (unpaired) electrons. The number of hydrogen-bond acceptors (Lipinski definition) is 8. The number of morpholine rings is 1. The van der Waals surface area contributed by atoms with E-state index in [9.17, 15) is 0 Å². The van der Waals surface area contributed by atoms with Gasteiger partial charge in [-0.2, -0.15) is 10.2 Å². The topological polar surface area (TPSA) is 93.9 Å². The zero-order valence-corrected chi connectivity index (χ0v) is 21.4. The summed E-state index contributed by atoms with van der Waals surface area (Å²) in [7, 11) is 0. The van der Waals surface area contributed by atoms with E-state index in [1.807, 2.05) is 35.3 Å². The van der Waals surface area contributed by atoms with E-state index < -0.39 is 0 Å². The minimum absolute atomic E-state index is 0.299. The Balaban J connectivity index is 1.25. The fraction of sp³-hybridized carbons (Fsp3) is 0.444. The van der Waals surface area contributed by atoms with Gasteiger partial charge in [0, 0.05) is 49.7 Å². The van der Waals surface area contributed by atoms with E-state index in [0.29, 0.717) is 29.8 Å². The molecule has 0 spiro atoms. The van der Waals surface area contributed by atoms with Crippen LogP contribution in [-0.2, 0) is 11.3 Å². The molecule has 5 rings (SSSR count). The highest BCUT2D eigenvalue weighted by Crippen LogP contribution is 2.24. The molecular formula is C27H34N8O. The average molecular weight is 487 g/mol. The third-order valence-corrected chi connectivity index (χ3v) is 6.46. The van der Waals surface area contributed by atoms with Crippen molar-refractivity contribution in [2.24, 2.45) is 0 Å². The first kappa shape index (κ1) is 24.3. The summed E-state index contributed by atoms with van der Waals surface area (Å²) in [5, 5.41) is 16.1. The maximum atomic E-state index is 5.83. The van der Waals surface area contributed by atoms with Gasteiger partial charge in [0.05, 0.1) is 35.6 Å². The summed E-state index contributed by atoms with van der Waals surface area (Å²) in [4.78, 5) is 11.9. The van der Waals surface area contributed by atoms with Gasteiger partial charge in [-0.3, -0.25) is 14.6 Å². The van der Waals surface area contributed by atoms with Crippen molar-refractivity contribution in [1.82, 2.24) is 34.8 Å². The van der Waals surface area contributed by atoms with Crippen LogP contribution in [-0.4, -0.2) is 66.7 Å². The Morgan fingerprint density at radius 3 is 2.61 bits per heavy atom. The standard InChI is InChI=1S/C27H34N8O/c1-18(2)21-11-27(33-29-13-21)32-26-7-6-24-25(31-26)10-22(12-28-24)23-14-30-35(17-23)9-5-8-34-15-19(3)36-20(4)16-34/h6-7,10-14,17-20H,5,8-9,15-16H2,1-4H3,(H,31,32,33)/t19-,20+. The number of aromatic nitrogens is 6. The lowest BCUT2D eigenvalue weighted by Crippen LogP contribution is -2.45. The fourth-order valence-electron chi connectivity index (χ4n) is 4.68. The Morgan fingerprint density at radius 2 is 1.81 bits per heavy atom. The molecule has 1 aliphatic heterocycles. The molecule has 0 amide bonds. The van der Waals surface area contributed by atoms with Crippen LogP contribution in [0.15, 0.2) is 49.1 Å². The van der Waals surface area contributed by atoms with Crippen molar-refractivity contribution < 1.29 is 4.74 Å². The van der Waals surface area contributed by atoms with Crippen molar-refractivity contribution in [3.05, 3.63) is 54.6 Å². The number of nitrogens with zero attached hydrogens (tertiary/aromatic N) is 7. The van der Waals surface area contributed by atoms with Crippen LogP contribution in [0.3, 0.4) is 0 Å². The lowest BCUT2D eigenvalue weighted by atomic mass is 10.1. The van der Waals surface area contributed by atoms with Crippen LogP contribution in [0.2, 0.25) is 0 Å². The van der Waals surface area contributed by atoms with E-state index >= 15 is 0 Å². The van der Waals surface area contributed by atoms with Gasteiger partial charge >= 0.3 is 0 Å². The van der Waals surface area contributed by atoms with E-state index in [1.54, 1.807) is 6.20 Å². The number of aryl methyl sites for hydroxylation is 1.